The first-order chi connectivity index (χ1) is 10.6. The van der Waals surface area contributed by atoms with E-state index in [0.29, 0.717) is 12.3 Å². The zero-order valence-electron chi connectivity index (χ0n) is 12.6. The molecule has 116 valence electrons. The molecule has 0 saturated heterocycles. The molecule has 0 fully saturated rings. The van der Waals surface area contributed by atoms with E-state index in [1.165, 1.54) is 11.8 Å². The van der Waals surface area contributed by atoms with Crippen molar-refractivity contribution in [3.63, 3.8) is 0 Å². The van der Waals surface area contributed by atoms with Gasteiger partial charge in [-0.2, -0.15) is 0 Å². The maximum atomic E-state index is 11.9. The second kappa shape index (κ2) is 7.75. The maximum Gasteiger partial charge on any atom is 0.234 e. The number of anilines is 1. The van der Waals surface area contributed by atoms with Gasteiger partial charge in [0.25, 0.3) is 0 Å². The second-order valence-corrected chi connectivity index (χ2v) is 5.81. The third-order valence-corrected chi connectivity index (χ3v) is 3.94. The standard InChI is InChI=1S/C17H19NO3S/c1-3-21-13-5-7-14(8-6-13)22-11-17(20)18-15-9-4-12(2)10-16(15)19/h4-10,19H,3,11H2,1-2H3,(H,18,20). The summed E-state index contributed by atoms with van der Waals surface area (Å²) in [6, 6.07) is 12.8. The van der Waals surface area contributed by atoms with Crippen LogP contribution in [0.5, 0.6) is 11.5 Å². The number of amides is 1. The van der Waals surface area contributed by atoms with Crippen molar-refractivity contribution < 1.29 is 14.6 Å². The molecule has 5 heteroatoms. The smallest absolute Gasteiger partial charge is 0.234 e. The van der Waals surface area contributed by atoms with Crippen molar-refractivity contribution in [1.82, 2.24) is 0 Å². The molecule has 0 spiro atoms. The molecule has 2 rings (SSSR count). The van der Waals surface area contributed by atoms with Crippen LogP contribution in [0.25, 0.3) is 0 Å². The molecule has 0 saturated carbocycles. The monoisotopic (exact) mass is 317 g/mol. The molecule has 22 heavy (non-hydrogen) atoms. The Kier molecular flexibility index (Phi) is 5.72. The average molecular weight is 317 g/mol. The summed E-state index contributed by atoms with van der Waals surface area (Å²) in [5.74, 6) is 1.03. The molecule has 2 aromatic carbocycles. The molecular weight excluding hydrogens is 298 g/mol. The Morgan fingerprint density at radius 2 is 1.95 bits per heavy atom. The van der Waals surface area contributed by atoms with E-state index >= 15 is 0 Å². The minimum atomic E-state index is -0.155. The number of ether oxygens (including phenoxy) is 1. The van der Waals surface area contributed by atoms with Crippen LogP contribution in [0.15, 0.2) is 47.4 Å². The molecule has 0 aliphatic rings. The highest BCUT2D eigenvalue weighted by Gasteiger charge is 2.07. The Morgan fingerprint density at radius 1 is 1.23 bits per heavy atom. The number of phenols is 1. The molecule has 1 amide bonds. The lowest BCUT2D eigenvalue weighted by molar-refractivity contribution is -0.113. The summed E-state index contributed by atoms with van der Waals surface area (Å²) in [7, 11) is 0. The summed E-state index contributed by atoms with van der Waals surface area (Å²) < 4.78 is 5.37. The van der Waals surface area contributed by atoms with Gasteiger partial charge in [-0.3, -0.25) is 4.79 Å². The van der Waals surface area contributed by atoms with E-state index in [1.54, 1.807) is 12.1 Å². The van der Waals surface area contributed by atoms with Crippen LogP contribution >= 0.6 is 11.8 Å². The van der Waals surface area contributed by atoms with E-state index in [9.17, 15) is 9.90 Å². The van der Waals surface area contributed by atoms with Gasteiger partial charge in [0.2, 0.25) is 5.91 Å². The van der Waals surface area contributed by atoms with Gasteiger partial charge in [0.1, 0.15) is 11.5 Å². The molecule has 0 heterocycles. The topological polar surface area (TPSA) is 58.6 Å². The number of hydrogen-bond acceptors (Lipinski definition) is 4. The number of carbonyl (C=O) groups is 1. The molecule has 0 aliphatic heterocycles. The minimum absolute atomic E-state index is 0.0828. The SMILES string of the molecule is CCOc1ccc(SCC(=O)Nc2ccc(C)cc2O)cc1. The zero-order valence-corrected chi connectivity index (χ0v) is 13.4. The van der Waals surface area contributed by atoms with Crippen LogP contribution in [0.1, 0.15) is 12.5 Å². The van der Waals surface area contributed by atoms with Crippen LogP contribution in [0.4, 0.5) is 5.69 Å². The van der Waals surface area contributed by atoms with Gasteiger partial charge in [0.15, 0.2) is 0 Å². The molecule has 0 aromatic heterocycles. The fourth-order valence-corrected chi connectivity index (χ4v) is 2.58. The lowest BCUT2D eigenvalue weighted by atomic mass is 10.2. The van der Waals surface area contributed by atoms with Crippen molar-refractivity contribution >= 4 is 23.4 Å². The summed E-state index contributed by atoms with van der Waals surface area (Å²) in [6.45, 7) is 4.45. The van der Waals surface area contributed by atoms with E-state index in [4.69, 9.17) is 4.74 Å². The van der Waals surface area contributed by atoms with Gasteiger partial charge in [0, 0.05) is 4.90 Å². The minimum Gasteiger partial charge on any atom is -0.506 e. The first kappa shape index (κ1) is 16.2. The van der Waals surface area contributed by atoms with Crippen molar-refractivity contribution in [1.29, 1.82) is 0 Å². The highest BCUT2D eigenvalue weighted by molar-refractivity contribution is 8.00. The van der Waals surface area contributed by atoms with Crippen LogP contribution in [-0.2, 0) is 4.79 Å². The Hall–Kier alpha value is -2.14. The predicted octanol–water partition coefficient (Wildman–Crippen LogP) is 3.83. The first-order valence-corrected chi connectivity index (χ1v) is 8.02. The van der Waals surface area contributed by atoms with E-state index in [1.807, 2.05) is 44.2 Å². The number of aryl methyl sites for hydroxylation is 1. The summed E-state index contributed by atoms with van der Waals surface area (Å²) in [4.78, 5) is 12.9. The molecule has 0 aliphatic carbocycles. The number of carbonyl (C=O) groups excluding carboxylic acids is 1. The number of hydrogen-bond donors (Lipinski definition) is 2. The number of aromatic hydroxyl groups is 1. The Morgan fingerprint density at radius 3 is 2.59 bits per heavy atom. The van der Waals surface area contributed by atoms with Crippen LogP contribution in [0, 0.1) is 6.92 Å². The highest BCUT2D eigenvalue weighted by Crippen LogP contribution is 2.25. The first-order valence-electron chi connectivity index (χ1n) is 7.03. The van der Waals surface area contributed by atoms with E-state index in [-0.39, 0.29) is 17.4 Å². The fraction of sp³-hybridized carbons (Fsp3) is 0.235. The lowest BCUT2D eigenvalue weighted by Gasteiger charge is -2.08. The van der Waals surface area contributed by atoms with Crippen molar-refractivity contribution in [3.8, 4) is 11.5 Å². The Balaban J connectivity index is 1.87. The number of rotatable bonds is 6. The summed E-state index contributed by atoms with van der Waals surface area (Å²) in [5.41, 5.74) is 1.38. The van der Waals surface area contributed by atoms with Gasteiger partial charge in [0.05, 0.1) is 18.0 Å². The number of phenolic OH excluding ortho intramolecular Hbond substituents is 1. The van der Waals surface area contributed by atoms with Gasteiger partial charge >= 0.3 is 0 Å². The van der Waals surface area contributed by atoms with Gasteiger partial charge < -0.3 is 15.2 Å². The molecule has 0 radical (unpaired) electrons. The third kappa shape index (κ3) is 4.70. The normalized spacial score (nSPS) is 10.3. The Bertz CT molecular complexity index is 641. The number of thioether (sulfide) groups is 1. The van der Waals surface area contributed by atoms with Crippen molar-refractivity contribution in [2.45, 2.75) is 18.7 Å². The largest absolute Gasteiger partial charge is 0.506 e. The predicted molar refractivity (Wildman–Crippen MR) is 89.8 cm³/mol. The zero-order chi connectivity index (χ0) is 15.9. The van der Waals surface area contributed by atoms with E-state index in [0.717, 1.165) is 16.2 Å². The molecule has 2 N–H and O–H groups in total. The van der Waals surface area contributed by atoms with Crippen LogP contribution in [0.3, 0.4) is 0 Å². The van der Waals surface area contributed by atoms with Crippen LogP contribution in [0.2, 0.25) is 0 Å². The molecule has 0 bridgehead atoms. The fourth-order valence-electron chi connectivity index (χ4n) is 1.88. The molecule has 4 nitrogen and oxygen atoms in total. The van der Waals surface area contributed by atoms with Gasteiger partial charge in [-0.1, -0.05) is 6.07 Å². The van der Waals surface area contributed by atoms with Crippen molar-refractivity contribution in [2.75, 3.05) is 17.7 Å². The molecular formula is C17H19NO3S. The van der Waals surface area contributed by atoms with E-state index in [2.05, 4.69) is 5.32 Å². The van der Waals surface area contributed by atoms with Gasteiger partial charge in [-0.15, -0.1) is 11.8 Å². The maximum absolute atomic E-state index is 11.9. The molecule has 0 atom stereocenters. The lowest BCUT2D eigenvalue weighted by Crippen LogP contribution is -2.14. The molecule has 2 aromatic rings. The quantitative estimate of drug-likeness (QED) is 0.628. The third-order valence-electron chi connectivity index (χ3n) is 2.93. The second-order valence-electron chi connectivity index (χ2n) is 4.76. The molecule has 0 unspecified atom stereocenters. The summed E-state index contributed by atoms with van der Waals surface area (Å²) in [5, 5.41) is 12.5. The number of nitrogens with one attached hydrogen (secondary N) is 1. The Labute approximate surface area is 134 Å². The highest BCUT2D eigenvalue weighted by atomic mass is 32.2. The van der Waals surface area contributed by atoms with Crippen LogP contribution in [-0.4, -0.2) is 23.4 Å². The summed E-state index contributed by atoms with van der Waals surface area (Å²) in [6.07, 6.45) is 0. The average Bonchev–Trinajstić information content (AvgIpc) is 2.50. The van der Waals surface area contributed by atoms with Crippen molar-refractivity contribution in [2.24, 2.45) is 0 Å². The van der Waals surface area contributed by atoms with Crippen molar-refractivity contribution in [3.05, 3.63) is 48.0 Å². The van der Waals surface area contributed by atoms with E-state index < -0.39 is 0 Å². The van der Waals surface area contributed by atoms with Crippen LogP contribution < -0.4 is 10.1 Å². The number of benzene rings is 2. The van der Waals surface area contributed by atoms with Gasteiger partial charge in [-0.25, -0.2) is 0 Å². The summed E-state index contributed by atoms with van der Waals surface area (Å²) >= 11 is 1.43. The van der Waals surface area contributed by atoms with Gasteiger partial charge in [-0.05, 0) is 55.8 Å².